The molecule has 0 heterocycles. The minimum absolute atomic E-state index is 0.608. The molecule has 0 radical (unpaired) electrons. The van der Waals surface area contributed by atoms with Crippen LogP contribution in [-0.2, 0) is 0 Å². The fourth-order valence-corrected chi connectivity index (χ4v) is 9.89. The molecule has 0 atom stereocenters. The van der Waals surface area contributed by atoms with Gasteiger partial charge in [-0.1, -0.05) is 36.4 Å². The number of benzene rings is 2. The van der Waals surface area contributed by atoms with Gasteiger partial charge in [0, 0.05) is 19.3 Å². The maximum atomic E-state index is 2.28. The van der Waals surface area contributed by atoms with Crippen LogP contribution in [0.2, 0.25) is 0 Å². The first kappa shape index (κ1) is 14.3. The van der Waals surface area contributed by atoms with Crippen molar-refractivity contribution in [1.29, 1.82) is 0 Å². The molecular weight excluding hydrogens is 328 g/mol. The zero-order valence-electron chi connectivity index (χ0n) is 13.8. The first-order valence-corrected chi connectivity index (χ1v) is 10.8. The maximum Gasteiger partial charge on any atom is 0.0223 e. The molecule has 122 valence electrons. The molecule has 0 aromatic heterocycles. The predicted molar refractivity (Wildman–Crippen MR) is 103 cm³/mol. The van der Waals surface area contributed by atoms with Crippen LogP contribution in [-0.4, -0.2) is 9.49 Å². The third-order valence-corrected chi connectivity index (χ3v) is 9.99. The van der Waals surface area contributed by atoms with Gasteiger partial charge >= 0.3 is 0 Å². The van der Waals surface area contributed by atoms with E-state index in [1.54, 1.807) is 0 Å². The van der Waals surface area contributed by atoms with Gasteiger partial charge in [0.1, 0.15) is 0 Å². The van der Waals surface area contributed by atoms with Gasteiger partial charge in [0.2, 0.25) is 0 Å². The minimum Gasteiger partial charge on any atom is -0.119 e. The van der Waals surface area contributed by atoms with Crippen molar-refractivity contribution in [2.45, 2.75) is 57.8 Å². The summed E-state index contributed by atoms with van der Waals surface area (Å²) in [7, 11) is 0. The largest absolute Gasteiger partial charge is 0.119 e. The zero-order chi connectivity index (χ0) is 15.9. The van der Waals surface area contributed by atoms with E-state index in [0.717, 1.165) is 10.8 Å². The van der Waals surface area contributed by atoms with Crippen LogP contribution in [0.3, 0.4) is 0 Å². The van der Waals surface area contributed by atoms with E-state index in [1.807, 2.05) is 0 Å². The third-order valence-electron chi connectivity index (χ3n) is 7.24. The quantitative estimate of drug-likeness (QED) is 0.610. The molecule has 24 heavy (non-hydrogen) atoms. The van der Waals surface area contributed by atoms with Crippen LogP contribution in [0.1, 0.15) is 38.5 Å². The van der Waals surface area contributed by atoms with Crippen molar-refractivity contribution in [3.8, 4) is 0 Å². The van der Waals surface area contributed by atoms with Crippen molar-refractivity contribution < 1.29 is 0 Å². The van der Waals surface area contributed by atoms with E-state index in [2.05, 4.69) is 84.2 Å². The summed E-state index contributed by atoms with van der Waals surface area (Å²) < 4.78 is 1.22. The van der Waals surface area contributed by atoms with E-state index in [9.17, 15) is 0 Å². The Hall–Kier alpha value is -0.860. The van der Waals surface area contributed by atoms with Crippen LogP contribution in [0.4, 0.5) is 0 Å². The predicted octanol–water partition coefficient (Wildman–Crippen LogP) is 6.42. The zero-order valence-corrected chi connectivity index (χ0v) is 15.5. The fourth-order valence-electron chi connectivity index (χ4n) is 6.21. The molecular formula is C22H22S2. The Morgan fingerprint density at radius 1 is 0.500 bits per heavy atom. The van der Waals surface area contributed by atoms with E-state index >= 15 is 0 Å². The van der Waals surface area contributed by atoms with Crippen LogP contribution in [0.15, 0.2) is 70.5 Å². The van der Waals surface area contributed by atoms with Gasteiger partial charge in [-0.3, -0.25) is 0 Å². The van der Waals surface area contributed by atoms with Gasteiger partial charge < -0.3 is 0 Å². The van der Waals surface area contributed by atoms with Crippen LogP contribution < -0.4 is 0 Å². The third kappa shape index (κ3) is 1.74. The molecule has 2 heteroatoms. The average molecular weight is 351 g/mol. The highest BCUT2D eigenvalue weighted by Crippen LogP contribution is 2.91. The van der Waals surface area contributed by atoms with Crippen LogP contribution in [0, 0.1) is 10.8 Å². The Morgan fingerprint density at radius 3 is 1.17 bits per heavy atom. The highest BCUT2D eigenvalue weighted by Gasteiger charge is 2.84. The van der Waals surface area contributed by atoms with Gasteiger partial charge in [-0.05, 0) is 73.6 Å². The normalized spacial score (nSPS) is 43.8. The van der Waals surface area contributed by atoms with Gasteiger partial charge in [0.25, 0.3) is 0 Å². The molecule has 0 saturated heterocycles. The molecule has 6 aliphatic rings. The Kier molecular flexibility index (Phi) is 2.66. The van der Waals surface area contributed by atoms with E-state index in [1.165, 1.54) is 48.3 Å². The molecule has 0 N–H and O–H groups in total. The van der Waals surface area contributed by atoms with Gasteiger partial charge in [-0.25, -0.2) is 0 Å². The summed E-state index contributed by atoms with van der Waals surface area (Å²) in [5.41, 5.74) is 1.49. The molecule has 0 unspecified atom stereocenters. The van der Waals surface area contributed by atoms with Crippen LogP contribution in [0.25, 0.3) is 0 Å². The topological polar surface area (TPSA) is 0 Å². The highest BCUT2D eigenvalue weighted by atomic mass is 32.2. The van der Waals surface area contributed by atoms with Crippen molar-refractivity contribution in [3.05, 3.63) is 60.7 Å². The lowest BCUT2D eigenvalue weighted by molar-refractivity contribution is -0.283. The second-order valence-electron chi connectivity index (χ2n) is 8.82. The SMILES string of the molecule is c1ccc(SC23CC(C45CC(Sc6ccccc6)(C4)C5)(C2)C3)cc1. The summed E-state index contributed by atoms with van der Waals surface area (Å²) in [4.78, 5) is 2.94. The molecule has 6 fully saturated rings. The highest BCUT2D eigenvalue weighted by molar-refractivity contribution is 8.01. The molecule has 8 rings (SSSR count). The monoisotopic (exact) mass is 350 g/mol. The lowest BCUT2D eigenvalue weighted by atomic mass is 9.23. The Bertz CT molecular complexity index is 686. The second kappa shape index (κ2) is 4.45. The fraction of sp³-hybridized carbons (Fsp3) is 0.455. The number of thioether (sulfide) groups is 2. The maximum absolute atomic E-state index is 2.28. The minimum atomic E-state index is 0.608. The molecule has 2 aromatic carbocycles. The van der Waals surface area contributed by atoms with Crippen molar-refractivity contribution in [1.82, 2.24) is 0 Å². The van der Waals surface area contributed by atoms with Crippen molar-refractivity contribution in [2.75, 3.05) is 0 Å². The Balaban J connectivity index is 1.10. The van der Waals surface area contributed by atoms with E-state index in [-0.39, 0.29) is 0 Å². The lowest BCUT2D eigenvalue weighted by Gasteiger charge is -2.87. The smallest absolute Gasteiger partial charge is 0.0223 e. The lowest BCUT2D eigenvalue weighted by Crippen LogP contribution is -2.82. The molecule has 0 aliphatic heterocycles. The molecule has 4 bridgehead atoms. The average Bonchev–Trinajstić information content (AvgIpc) is 2.47. The second-order valence-corrected chi connectivity index (χ2v) is 11.9. The summed E-state index contributed by atoms with van der Waals surface area (Å²) >= 11 is 4.32. The van der Waals surface area contributed by atoms with E-state index < -0.39 is 0 Å². The molecule has 2 aromatic rings. The van der Waals surface area contributed by atoms with Crippen LogP contribution in [0.5, 0.6) is 0 Å². The van der Waals surface area contributed by atoms with Crippen molar-refractivity contribution in [3.63, 3.8) is 0 Å². The van der Waals surface area contributed by atoms with Gasteiger partial charge in [0.05, 0.1) is 0 Å². The van der Waals surface area contributed by atoms with Crippen molar-refractivity contribution >= 4 is 23.5 Å². The summed E-state index contributed by atoms with van der Waals surface area (Å²) in [6, 6.07) is 22.1. The Morgan fingerprint density at radius 2 is 0.833 bits per heavy atom. The summed E-state index contributed by atoms with van der Waals surface area (Å²) in [5.74, 6) is 0. The molecule has 0 nitrogen and oxygen atoms in total. The number of hydrogen-bond acceptors (Lipinski definition) is 2. The number of rotatable bonds is 5. The molecule has 0 spiro atoms. The van der Waals surface area contributed by atoms with Crippen molar-refractivity contribution in [2.24, 2.45) is 10.8 Å². The molecule has 6 saturated carbocycles. The molecule has 6 aliphatic carbocycles. The first-order valence-electron chi connectivity index (χ1n) is 9.13. The van der Waals surface area contributed by atoms with E-state index in [4.69, 9.17) is 0 Å². The van der Waals surface area contributed by atoms with Gasteiger partial charge in [-0.2, -0.15) is 0 Å². The van der Waals surface area contributed by atoms with Gasteiger partial charge in [0.15, 0.2) is 0 Å². The number of hydrogen-bond donors (Lipinski definition) is 0. The van der Waals surface area contributed by atoms with Gasteiger partial charge in [-0.15, -0.1) is 23.5 Å². The standard InChI is InChI=1S/C22H22S2/c1-3-7-17(8-4-1)23-21-11-19(12-21,13-21)20-14-22(15-20,16-20)24-18-9-5-2-6-10-18/h1-10H,11-16H2. The van der Waals surface area contributed by atoms with E-state index in [0.29, 0.717) is 9.49 Å². The first-order chi connectivity index (χ1) is 11.6. The van der Waals surface area contributed by atoms with Crippen LogP contribution >= 0.6 is 23.5 Å². The molecule has 0 amide bonds. The summed E-state index contributed by atoms with van der Waals surface area (Å²) in [5, 5.41) is 0. The Labute approximate surface area is 152 Å². The summed E-state index contributed by atoms with van der Waals surface area (Å²) in [6.07, 6.45) is 8.95. The summed E-state index contributed by atoms with van der Waals surface area (Å²) in [6.45, 7) is 0.